The van der Waals surface area contributed by atoms with Crippen molar-refractivity contribution < 1.29 is 18.0 Å². The number of alkyl halides is 3. The Bertz CT molecular complexity index is 555. The van der Waals surface area contributed by atoms with Gasteiger partial charge in [0.15, 0.2) is 0 Å². The molecule has 0 atom stereocenters. The van der Waals surface area contributed by atoms with Gasteiger partial charge in [0.1, 0.15) is 5.82 Å². The zero-order valence-corrected chi connectivity index (χ0v) is 11.9. The highest BCUT2D eigenvalue weighted by atomic mass is 19.4. The molecule has 1 aromatic heterocycles. The molecule has 0 spiro atoms. The van der Waals surface area contributed by atoms with Crippen molar-refractivity contribution in [2.75, 3.05) is 31.1 Å². The van der Waals surface area contributed by atoms with Crippen molar-refractivity contribution in [3.05, 3.63) is 23.9 Å². The van der Waals surface area contributed by atoms with Gasteiger partial charge in [0.2, 0.25) is 0 Å². The third-order valence-corrected chi connectivity index (χ3v) is 4.19. The Hall–Kier alpha value is -1.99. The Labute approximate surface area is 126 Å². The molecule has 0 aliphatic carbocycles. The normalized spacial score (nSPS) is 20.4. The summed E-state index contributed by atoms with van der Waals surface area (Å²) >= 11 is 0. The van der Waals surface area contributed by atoms with Crippen LogP contribution < -0.4 is 10.2 Å². The molecule has 0 bridgehead atoms. The van der Waals surface area contributed by atoms with Gasteiger partial charge in [0, 0.05) is 38.4 Å². The summed E-state index contributed by atoms with van der Waals surface area (Å²) in [4.78, 5) is 19.0. The summed E-state index contributed by atoms with van der Waals surface area (Å²) in [7, 11) is 0. The molecule has 3 heterocycles. The third kappa shape index (κ3) is 2.82. The van der Waals surface area contributed by atoms with Gasteiger partial charge in [-0.2, -0.15) is 13.2 Å². The number of nitrogens with zero attached hydrogens (tertiary/aromatic N) is 3. The van der Waals surface area contributed by atoms with Gasteiger partial charge in [-0.25, -0.2) is 9.78 Å². The van der Waals surface area contributed by atoms with Gasteiger partial charge in [-0.15, -0.1) is 0 Å². The number of aromatic nitrogens is 1. The average molecular weight is 314 g/mol. The molecule has 2 amide bonds. The fraction of sp³-hybridized carbons (Fsp3) is 0.571. The van der Waals surface area contributed by atoms with Crippen LogP contribution in [0.2, 0.25) is 0 Å². The summed E-state index contributed by atoms with van der Waals surface area (Å²) < 4.78 is 39.1. The number of urea groups is 1. The number of rotatable bonds is 2. The fourth-order valence-electron chi connectivity index (χ4n) is 3.09. The minimum Gasteiger partial charge on any atom is -0.356 e. The van der Waals surface area contributed by atoms with Gasteiger partial charge in [-0.05, 0) is 25.0 Å². The Kier molecular flexibility index (Phi) is 3.84. The smallest absolute Gasteiger partial charge is 0.356 e. The van der Waals surface area contributed by atoms with E-state index in [0.29, 0.717) is 39.0 Å². The van der Waals surface area contributed by atoms with Crippen LogP contribution in [0.25, 0.3) is 0 Å². The predicted molar refractivity (Wildman–Crippen MR) is 74.6 cm³/mol. The zero-order chi connectivity index (χ0) is 15.7. The van der Waals surface area contributed by atoms with E-state index in [4.69, 9.17) is 0 Å². The lowest BCUT2D eigenvalue weighted by molar-refractivity contribution is -0.137. The van der Waals surface area contributed by atoms with Crippen LogP contribution in [0, 0.1) is 0 Å². The molecule has 1 aromatic rings. The van der Waals surface area contributed by atoms with Crippen molar-refractivity contribution in [2.45, 2.75) is 25.1 Å². The van der Waals surface area contributed by atoms with Crippen LogP contribution in [-0.2, 0) is 6.18 Å². The van der Waals surface area contributed by atoms with Gasteiger partial charge in [-0.3, -0.25) is 0 Å². The molecule has 5 nitrogen and oxygen atoms in total. The highest BCUT2D eigenvalue weighted by Crippen LogP contribution is 2.36. The maximum atomic E-state index is 13.0. The Morgan fingerprint density at radius 1 is 1.23 bits per heavy atom. The van der Waals surface area contributed by atoms with E-state index < -0.39 is 11.7 Å². The quantitative estimate of drug-likeness (QED) is 0.909. The Morgan fingerprint density at radius 2 is 1.95 bits per heavy atom. The number of pyridine rings is 1. The standard InChI is InChI=1S/C14H17F3N4O/c15-14(16,17)11-2-1-5-18-12(11)20-7-3-10(4-8-20)21-9-6-19-13(21)22/h1-2,5,10H,3-4,6-9H2,(H,19,22). The van der Waals surface area contributed by atoms with Crippen LogP contribution in [0.15, 0.2) is 18.3 Å². The lowest BCUT2D eigenvalue weighted by Crippen LogP contribution is -2.46. The first kappa shape index (κ1) is 14.9. The molecule has 0 saturated carbocycles. The number of carbonyl (C=O) groups is 1. The summed E-state index contributed by atoms with van der Waals surface area (Å²) in [6.07, 6.45) is -1.72. The summed E-state index contributed by atoms with van der Waals surface area (Å²) in [6.45, 7) is 2.24. The highest BCUT2D eigenvalue weighted by Gasteiger charge is 2.37. The van der Waals surface area contributed by atoms with E-state index in [2.05, 4.69) is 10.3 Å². The molecule has 120 valence electrons. The SMILES string of the molecule is O=C1NCCN1C1CCN(c2ncccc2C(F)(F)F)CC1. The number of piperidine rings is 1. The molecule has 1 N–H and O–H groups in total. The predicted octanol–water partition coefficient (Wildman–Crippen LogP) is 2.09. The van der Waals surface area contributed by atoms with Crippen molar-refractivity contribution in [3.8, 4) is 0 Å². The lowest BCUT2D eigenvalue weighted by atomic mass is 10.0. The first-order valence-corrected chi connectivity index (χ1v) is 7.28. The maximum Gasteiger partial charge on any atom is 0.419 e. The number of nitrogens with one attached hydrogen (secondary N) is 1. The van der Waals surface area contributed by atoms with E-state index >= 15 is 0 Å². The number of carbonyl (C=O) groups excluding carboxylic acids is 1. The highest BCUT2D eigenvalue weighted by molar-refractivity contribution is 5.76. The van der Waals surface area contributed by atoms with E-state index in [-0.39, 0.29) is 17.9 Å². The largest absolute Gasteiger partial charge is 0.419 e. The van der Waals surface area contributed by atoms with Crippen molar-refractivity contribution in [3.63, 3.8) is 0 Å². The molecular weight excluding hydrogens is 297 g/mol. The molecule has 0 radical (unpaired) electrons. The Morgan fingerprint density at radius 3 is 2.55 bits per heavy atom. The number of halogens is 3. The average Bonchev–Trinajstić information content (AvgIpc) is 2.93. The van der Waals surface area contributed by atoms with Crippen LogP contribution in [0.5, 0.6) is 0 Å². The molecule has 8 heteroatoms. The molecule has 22 heavy (non-hydrogen) atoms. The molecular formula is C14H17F3N4O. The molecule has 2 aliphatic heterocycles. The second-order valence-electron chi connectivity index (χ2n) is 5.52. The van der Waals surface area contributed by atoms with E-state index in [1.165, 1.54) is 12.3 Å². The van der Waals surface area contributed by atoms with Crippen molar-refractivity contribution in [1.82, 2.24) is 15.2 Å². The number of hydrogen-bond acceptors (Lipinski definition) is 3. The second-order valence-corrected chi connectivity index (χ2v) is 5.52. The summed E-state index contributed by atoms with van der Waals surface area (Å²) in [6, 6.07) is 2.37. The molecule has 0 aromatic carbocycles. The van der Waals surface area contributed by atoms with Gasteiger partial charge in [0.25, 0.3) is 0 Å². The van der Waals surface area contributed by atoms with Gasteiger partial charge in [-0.1, -0.05) is 0 Å². The minimum atomic E-state index is -4.41. The van der Waals surface area contributed by atoms with Crippen LogP contribution >= 0.6 is 0 Å². The minimum absolute atomic E-state index is 0.0145. The molecule has 3 rings (SSSR count). The van der Waals surface area contributed by atoms with E-state index in [9.17, 15) is 18.0 Å². The maximum absolute atomic E-state index is 13.0. The van der Waals surface area contributed by atoms with Crippen LogP contribution in [-0.4, -0.2) is 48.1 Å². The van der Waals surface area contributed by atoms with Crippen LogP contribution in [0.4, 0.5) is 23.8 Å². The number of hydrogen-bond donors (Lipinski definition) is 1. The Balaban J connectivity index is 1.71. The lowest BCUT2D eigenvalue weighted by Gasteiger charge is -2.37. The first-order chi connectivity index (χ1) is 10.5. The van der Waals surface area contributed by atoms with E-state index in [0.717, 1.165) is 6.07 Å². The van der Waals surface area contributed by atoms with Crippen LogP contribution in [0.3, 0.4) is 0 Å². The third-order valence-electron chi connectivity index (χ3n) is 4.19. The summed E-state index contributed by atoms with van der Waals surface area (Å²) in [5, 5.41) is 2.75. The van der Waals surface area contributed by atoms with Gasteiger partial charge >= 0.3 is 12.2 Å². The van der Waals surface area contributed by atoms with Crippen molar-refractivity contribution >= 4 is 11.8 Å². The summed E-state index contributed by atoms with van der Waals surface area (Å²) in [5.74, 6) is -0.0145. The van der Waals surface area contributed by atoms with Crippen molar-refractivity contribution in [2.24, 2.45) is 0 Å². The fourth-order valence-corrected chi connectivity index (χ4v) is 3.09. The van der Waals surface area contributed by atoms with Gasteiger partial charge in [0.05, 0.1) is 5.56 Å². The molecule has 2 fully saturated rings. The summed E-state index contributed by atoms with van der Waals surface area (Å²) in [5.41, 5.74) is -0.702. The zero-order valence-electron chi connectivity index (χ0n) is 11.9. The molecule has 0 unspecified atom stereocenters. The monoisotopic (exact) mass is 314 g/mol. The van der Waals surface area contributed by atoms with Gasteiger partial charge < -0.3 is 15.1 Å². The van der Waals surface area contributed by atoms with Crippen molar-refractivity contribution in [1.29, 1.82) is 0 Å². The topological polar surface area (TPSA) is 48.5 Å². The van der Waals surface area contributed by atoms with E-state index in [1.54, 1.807) is 9.80 Å². The second kappa shape index (κ2) is 5.66. The first-order valence-electron chi connectivity index (χ1n) is 7.28. The van der Waals surface area contributed by atoms with E-state index in [1.807, 2.05) is 0 Å². The van der Waals surface area contributed by atoms with Crippen LogP contribution in [0.1, 0.15) is 18.4 Å². The molecule has 2 aliphatic rings. The number of anilines is 1. The number of amides is 2. The molecule has 2 saturated heterocycles.